The summed E-state index contributed by atoms with van der Waals surface area (Å²) in [5.74, 6) is 1.91. The van der Waals surface area contributed by atoms with E-state index in [0.717, 1.165) is 0 Å². The van der Waals surface area contributed by atoms with E-state index < -0.39 is 18.1 Å². The predicted molar refractivity (Wildman–Crippen MR) is 137 cm³/mol. The maximum atomic E-state index is 12.3. The van der Waals surface area contributed by atoms with Crippen LogP contribution < -0.4 is 19.9 Å². The van der Waals surface area contributed by atoms with Gasteiger partial charge in [-0.05, 0) is 31.5 Å². The molecular weight excluding hydrogens is 464 g/mol. The molecule has 1 atom stereocenters. The Balaban J connectivity index is 2.38. The van der Waals surface area contributed by atoms with Crippen molar-refractivity contribution in [2.45, 2.75) is 33.2 Å². The van der Waals surface area contributed by atoms with Crippen LogP contribution in [0, 0.1) is 12.3 Å². The number of carboxylic acids is 1. The second kappa shape index (κ2) is 12.9. The van der Waals surface area contributed by atoms with Gasteiger partial charge in [0.2, 0.25) is 11.9 Å². The fraction of sp³-hybridized carbons (Fsp3) is 0.400. The predicted octanol–water partition coefficient (Wildman–Crippen LogP) is 2.48. The third-order valence-corrected chi connectivity index (χ3v) is 5.27. The fourth-order valence-electron chi connectivity index (χ4n) is 3.27. The molecule has 0 radical (unpaired) electrons. The summed E-state index contributed by atoms with van der Waals surface area (Å²) in [5.41, 5.74) is 0.972. The minimum atomic E-state index is -1.11. The van der Waals surface area contributed by atoms with Crippen LogP contribution in [0.25, 0.3) is 0 Å². The molecular formula is C25H32N6O5. The van der Waals surface area contributed by atoms with Crippen molar-refractivity contribution >= 4 is 35.4 Å². The third-order valence-electron chi connectivity index (χ3n) is 5.27. The summed E-state index contributed by atoms with van der Waals surface area (Å²) in [6, 6.07) is 5.46. The first-order chi connectivity index (χ1) is 17.1. The first kappa shape index (κ1) is 27.9. The van der Waals surface area contributed by atoms with E-state index in [-0.39, 0.29) is 30.4 Å². The van der Waals surface area contributed by atoms with Crippen LogP contribution in [0.2, 0.25) is 0 Å². The van der Waals surface area contributed by atoms with E-state index in [1.807, 2.05) is 18.7 Å². The lowest BCUT2D eigenvalue weighted by molar-refractivity contribution is -0.137. The van der Waals surface area contributed by atoms with Gasteiger partial charge in [-0.15, -0.1) is 6.42 Å². The number of hydrogen-bond donors (Lipinski definition) is 2. The first-order valence-electron chi connectivity index (χ1n) is 11.4. The molecule has 192 valence electrons. The Labute approximate surface area is 211 Å². The molecule has 11 nitrogen and oxygen atoms in total. The molecule has 0 saturated heterocycles. The molecule has 2 N–H and O–H groups in total. The van der Waals surface area contributed by atoms with E-state index in [9.17, 15) is 19.5 Å². The number of hydrogen-bond acceptors (Lipinski definition) is 8. The molecule has 0 aliphatic heterocycles. The standard InChI is InChI=1S/C25H32N6O5/c1-7-14-31(17(4)32)21-16-26-24(30(8-2)9-3)28-22(21)27-20(23(33)34)15-18-10-12-19(13-11-18)36-25(35)29(5)6/h1,10-13,16,20H,8-9,14-15H2,2-6H3,(H,33,34)(H,26,27,28)/t20-/m0/s1. The van der Waals surface area contributed by atoms with Gasteiger partial charge in [-0.25, -0.2) is 14.6 Å². The van der Waals surface area contributed by atoms with Crippen LogP contribution in [0.4, 0.5) is 22.2 Å². The van der Waals surface area contributed by atoms with Crippen molar-refractivity contribution in [1.29, 1.82) is 0 Å². The highest BCUT2D eigenvalue weighted by atomic mass is 16.6. The molecule has 2 rings (SSSR count). The number of carbonyl (C=O) groups excluding carboxylic acids is 2. The van der Waals surface area contributed by atoms with Gasteiger partial charge in [0.15, 0.2) is 5.82 Å². The Kier molecular flexibility index (Phi) is 10.0. The summed E-state index contributed by atoms with van der Waals surface area (Å²) in [5, 5.41) is 12.9. The minimum absolute atomic E-state index is 0.0249. The average Bonchev–Trinajstić information content (AvgIpc) is 2.84. The third kappa shape index (κ3) is 7.33. The molecule has 2 aromatic rings. The van der Waals surface area contributed by atoms with Crippen LogP contribution in [0.5, 0.6) is 5.75 Å². The van der Waals surface area contributed by atoms with Crippen LogP contribution in [0.1, 0.15) is 26.3 Å². The number of carboxylic acid groups (broad SMARTS) is 1. The van der Waals surface area contributed by atoms with E-state index in [1.165, 1.54) is 22.9 Å². The van der Waals surface area contributed by atoms with E-state index in [4.69, 9.17) is 11.2 Å². The molecule has 1 aromatic carbocycles. The number of anilines is 3. The summed E-state index contributed by atoms with van der Waals surface area (Å²) in [6.45, 7) is 6.52. The largest absolute Gasteiger partial charge is 0.480 e. The molecule has 11 heteroatoms. The van der Waals surface area contributed by atoms with E-state index in [0.29, 0.717) is 30.4 Å². The molecule has 36 heavy (non-hydrogen) atoms. The van der Waals surface area contributed by atoms with Crippen LogP contribution >= 0.6 is 0 Å². The van der Waals surface area contributed by atoms with Gasteiger partial charge in [-0.2, -0.15) is 4.98 Å². The lowest BCUT2D eigenvalue weighted by Crippen LogP contribution is -2.35. The van der Waals surface area contributed by atoms with Gasteiger partial charge < -0.3 is 25.0 Å². The number of ether oxygens (including phenoxy) is 1. The average molecular weight is 497 g/mol. The summed E-state index contributed by atoms with van der Waals surface area (Å²) in [6.07, 6.45) is 6.49. The smallest absolute Gasteiger partial charge is 0.414 e. The summed E-state index contributed by atoms with van der Waals surface area (Å²) >= 11 is 0. The van der Waals surface area contributed by atoms with Gasteiger partial charge in [0, 0.05) is 40.5 Å². The van der Waals surface area contributed by atoms with Crippen LogP contribution in [0.15, 0.2) is 30.5 Å². The normalized spacial score (nSPS) is 11.1. The Morgan fingerprint density at radius 3 is 2.31 bits per heavy atom. The second-order valence-corrected chi connectivity index (χ2v) is 8.03. The van der Waals surface area contributed by atoms with E-state index in [1.54, 1.807) is 38.4 Å². The van der Waals surface area contributed by atoms with Crippen LogP contribution in [0.3, 0.4) is 0 Å². The highest BCUT2D eigenvalue weighted by Gasteiger charge is 2.24. The molecule has 2 amide bonds. The van der Waals surface area contributed by atoms with Gasteiger partial charge in [0.25, 0.3) is 0 Å². The van der Waals surface area contributed by atoms with Gasteiger partial charge in [-0.3, -0.25) is 9.69 Å². The molecule has 0 saturated carbocycles. The van der Waals surface area contributed by atoms with Crippen molar-refractivity contribution in [2.24, 2.45) is 0 Å². The van der Waals surface area contributed by atoms with Crippen molar-refractivity contribution in [3.63, 3.8) is 0 Å². The molecule has 0 aliphatic carbocycles. The van der Waals surface area contributed by atoms with Crippen LogP contribution in [-0.2, 0) is 16.0 Å². The van der Waals surface area contributed by atoms with E-state index >= 15 is 0 Å². The monoisotopic (exact) mass is 496 g/mol. The zero-order valence-corrected chi connectivity index (χ0v) is 21.2. The minimum Gasteiger partial charge on any atom is -0.480 e. The number of nitrogens with zero attached hydrogens (tertiary/aromatic N) is 5. The SMILES string of the molecule is C#CCN(C(C)=O)c1cnc(N(CC)CC)nc1N[C@@H](Cc1ccc(OC(=O)N(C)C)cc1)C(=O)O. The van der Waals surface area contributed by atoms with Gasteiger partial charge in [0.1, 0.15) is 17.5 Å². The summed E-state index contributed by atoms with van der Waals surface area (Å²) < 4.78 is 5.20. The first-order valence-corrected chi connectivity index (χ1v) is 11.4. The zero-order valence-electron chi connectivity index (χ0n) is 21.2. The molecule has 0 bridgehead atoms. The lowest BCUT2D eigenvalue weighted by atomic mass is 10.1. The summed E-state index contributed by atoms with van der Waals surface area (Å²) in [4.78, 5) is 49.6. The van der Waals surface area contributed by atoms with Crippen LogP contribution in [-0.4, -0.2) is 77.7 Å². The number of benzene rings is 1. The maximum Gasteiger partial charge on any atom is 0.414 e. The Morgan fingerprint density at radius 1 is 1.17 bits per heavy atom. The fourth-order valence-corrected chi connectivity index (χ4v) is 3.27. The Morgan fingerprint density at radius 2 is 1.81 bits per heavy atom. The number of carbonyl (C=O) groups is 3. The van der Waals surface area contributed by atoms with E-state index in [2.05, 4.69) is 21.2 Å². The van der Waals surface area contributed by atoms with Crippen molar-refractivity contribution in [3.05, 3.63) is 36.0 Å². The van der Waals surface area contributed by atoms with Gasteiger partial charge >= 0.3 is 12.1 Å². The zero-order chi connectivity index (χ0) is 26.8. The Bertz CT molecular complexity index is 1110. The number of rotatable bonds is 11. The highest BCUT2D eigenvalue weighted by Crippen LogP contribution is 2.27. The number of aromatic nitrogens is 2. The molecule has 0 unspecified atom stereocenters. The van der Waals surface area contributed by atoms with Crippen molar-refractivity contribution in [1.82, 2.24) is 14.9 Å². The number of amides is 2. The lowest BCUT2D eigenvalue weighted by Gasteiger charge is -2.26. The van der Waals surface area contributed by atoms with Crippen molar-refractivity contribution < 1.29 is 24.2 Å². The molecule has 0 spiro atoms. The van der Waals surface area contributed by atoms with Gasteiger partial charge in [0.05, 0.1) is 12.7 Å². The maximum absolute atomic E-state index is 12.3. The molecule has 0 aliphatic rings. The van der Waals surface area contributed by atoms with Crippen molar-refractivity contribution in [2.75, 3.05) is 48.8 Å². The second-order valence-electron chi connectivity index (χ2n) is 8.03. The topological polar surface area (TPSA) is 128 Å². The summed E-state index contributed by atoms with van der Waals surface area (Å²) in [7, 11) is 3.15. The van der Waals surface area contributed by atoms with Crippen molar-refractivity contribution in [3.8, 4) is 18.1 Å². The number of nitrogens with one attached hydrogen (secondary N) is 1. The quantitative estimate of drug-likeness (QED) is 0.451. The Hall–Kier alpha value is -4.33. The number of aliphatic carboxylic acids is 1. The molecule has 1 aromatic heterocycles. The molecule has 0 fully saturated rings. The highest BCUT2D eigenvalue weighted by molar-refractivity contribution is 5.95. The van der Waals surface area contributed by atoms with Gasteiger partial charge in [-0.1, -0.05) is 18.1 Å². The number of terminal acetylenes is 1. The molecule has 1 heterocycles.